The lowest BCUT2D eigenvalue weighted by Gasteiger charge is -2.07. The van der Waals surface area contributed by atoms with Crippen molar-refractivity contribution in [3.63, 3.8) is 0 Å². The Labute approximate surface area is 190 Å². The van der Waals surface area contributed by atoms with Crippen molar-refractivity contribution in [1.82, 2.24) is 34.7 Å². The van der Waals surface area contributed by atoms with Crippen LogP contribution in [0.4, 0.5) is 13.2 Å². The minimum absolute atomic E-state index is 0.0903. The van der Waals surface area contributed by atoms with E-state index in [0.717, 1.165) is 23.5 Å². The summed E-state index contributed by atoms with van der Waals surface area (Å²) >= 11 is 0. The van der Waals surface area contributed by atoms with E-state index in [1.54, 1.807) is 4.68 Å². The van der Waals surface area contributed by atoms with Gasteiger partial charge in [-0.3, -0.25) is 9.20 Å². The maximum absolute atomic E-state index is 13.1. The summed E-state index contributed by atoms with van der Waals surface area (Å²) in [5, 5.41) is 14.7. The second kappa shape index (κ2) is 8.43. The number of para-hydroxylation sites is 1. The molecule has 0 spiro atoms. The molecule has 0 aliphatic carbocycles. The molecule has 0 aliphatic rings. The smallest absolute Gasteiger partial charge is 0.342 e. The Morgan fingerprint density at radius 1 is 0.912 bits per heavy atom. The van der Waals surface area contributed by atoms with Gasteiger partial charge in [0, 0.05) is 11.8 Å². The van der Waals surface area contributed by atoms with Crippen molar-refractivity contribution < 1.29 is 18.0 Å². The molecule has 0 unspecified atom stereocenters. The number of halogens is 3. The number of carbonyl (C=O) groups excluding carboxylic acids is 1. The topological polar surface area (TPSA) is 90.0 Å². The van der Waals surface area contributed by atoms with Crippen LogP contribution in [0.2, 0.25) is 0 Å². The summed E-state index contributed by atoms with van der Waals surface area (Å²) in [7, 11) is 0. The molecule has 5 rings (SSSR count). The van der Waals surface area contributed by atoms with Gasteiger partial charge in [0.1, 0.15) is 0 Å². The molecular formula is C23H16F3N7O. The van der Waals surface area contributed by atoms with Crippen molar-refractivity contribution in [2.75, 3.05) is 0 Å². The van der Waals surface area contributed by atoms with E-state index in [4.69, 9.17) is 0 Å². The normalized spacial score (nSPS) is 11.6. The number of rotatable bonds is 5. The molecular weight excluding hydrogens is 447 g/mol. The molecule has 1 N–H and O–H groups in total. The predicted octanol–water partition coefficient (Wildman–Crippen LogP) is 3.93. The zero-order chi connectivity index (χ0) is 23.7. The van der Waals surface area contributed by atoms with E-state index in [1.165, 1.54) is 10.5 Å². The van der Waals surface area contributed by atoms with Gasteiger partial charge in [-0.25, -0.2) is 9.67 Å². The van der Waals surface area contributed by atoms with Crippen molar-refractivity contribution in [3.8, 4) is 17.1 Å². The van der Waals surface area contributed by atoms with Gasteiger partial charge in [0.2, 0.25) is 5.82 Å². The Bertz CT molecular complexity index is 1400. The van der Waals surface area contributed by atoms with E-state index in [0.29, 0.717) is 5.82 Å². The quantitative estimate of drug-likeness (QED) is 0.427. The van der Waals surface area contributed by atoms with Crippen molar-refractivity contribution in [1.29, 1.82) is 0 Å². The van der Waals surface area contributed by atoms with E-state index in [-0.39, 0.29) is 23.8 Å². The van der Waals surface area contributed by atoms with Crippen molar-refractivity contribution in [2.45, 2.75) is 12.7 Å². The number of hydrogen-bond donors (Lipinski definition) is 1. The molecule has 0 atom stereocenters. The Balaban J connectivity index is 1.43. The standard InChI is InChI=1S/C23H16F3N7O/c24-23(25,26)16-11-12-18-29-30-19(32(18)14-16)13-27-22(34)20-28-21(15-7-3-1-4-8-15)33(31-20)17-9-5-2-6-10-17/h1-12,14H,13H2,(H,27,34). The number of alkyl halides is 3. The van der Waals surface area contributed by atoms with Gasteiger partial charge in [-0.2, -0.15) is 13.2 Å². The van der Waals surface area contributed by atoms with Crippen LogP contribution in [0.25, 0.3) is 22.7 Å². The van der Waals surface area contributed by atoms with Gasteiger partial charge in [0.15, 0.2) is 17.3 Å². The number of nitrogens with one attached hydrogen (secondary N) is 1. The van der Waals surface area contributed by atoms with Crippen molar-refractivity contribution in [2.24, 2.45) is 0 Å². The second-order valence-electron chi connectivity index (χ2n) is 7.32. The van der Waals surface area contributed by atoms with Crippen LogP contribution in [0.15, 0.2) is 79.0 Å². The molecule has 3 heterocycles. The first-order chi connectivity index (χ1) is 16.4. The van der Waals surface area contributed by atoms with Crippen LogP contribution in [0.3, 0.4) is 0 Å². The lowest BCUT2D eigenvalue weighted by Crippen LogP contribution is -2.25. The lowest BCUT2D eigenvalue weighted by atomic mass is 10.2. The summed E-state index contributed by atoms with van der Waals surface area (Å²) in [5.41, 5.74) is 0.871. The maximum Gasteiger partial charge on any atom is 0.417 e. The highest BCUT2D eigenvalue weighted by Crippen LogP contribution is 2.29. The molecule has 0 fully saturated rings. The van der Waals surface area contributed by atoms with Gasteiger partial charge in [-0.1, -0.05) is 48.5 Å². The van der Waals surface area contributed by atoms with Gasteiger partial charge in [0.25, 0.3) is 5.91 Å². The third-order valence-electron chi connectivity index (χ3n) is 5.05. The fraction of sp³-hybridized carbons (Fsp3) is 0.0870. The molecule has 5 aromatic rings. The number of carbonyl (C=O) groups is 1. The molecule has 1 amide bonds. The van der Waals surface area contributed by atoms with E-state index in [9.17, 15) is 18.0 Å². The number of hydrogen-bond acceptors (Lipinski definition) is 5. The van der Waals surface area contributed by atoms with Crippen LogP contribution >= 0.6 is 0 Å². The second-order valence-corrected chi connectivity index (χ2v) is 7.32. The average molecular weight is 463 g/mol. The van der Waals surface area contributed by atoms with Crippen molar-refractivity contribution >= 4 is 11.6 Å². The number of fused-ring (bicyclic) bond motifs is 1. The molecule has 0 radical (unpaired) electrons. The summed E-state index contributed by atoms with van der Waals surface area (Å²) < 4.78 is 42.0. The Kier molecular flexibility index (Phi) is 5.28. The first-order valence-electron chi connectivity index (χ1n) is 10.2. The highest BCUT2D eigenvalue weighted by atomic mass is 19.4. The highest BCUT2D eigenvalue weighted by Gasteiger charge is 2.31. The zero-order valence-electron chi connectivity index (χ0n) is 17.4. The molecule has 0 saturated heterocycles. The molecule has 34 heavy (non-hydrogen) atoms. The van der Waals surface area contributed by atoms with E-state index in [1.807, 2.05) is 60.7 Å². The van der Waals surface area contributed by atoms with Crippen LogP contribution in [0.1, 0.15) is 22.0 Å². The van der Waals surface area contributed by atoms with Gasteiger partial charge in [-0.05, 0) is 24.3 Å². The Morgan fingerprint density at radius 3 is 2.32 bits per heavy atom. The average Bonchev–Trinajstić information content (AvgIpc) is 3.48. The molecule has 11 heteroatoms. The van der Waals surface area contributed by atoms with Crippen LogP contribution in [-0.4, -0.2) is 35.3 Å². The van der Waals surface area contributed by atoms with Crippen LogP contribution < -0.4 is 5.32 Å². The third kappa shape index (κ3) is 4.10. The summed E-state index contributed by atoms with van der Waals surface area (Å²) in [6, 6.07) is 20.7. The van der Waals surface area contributed by atoms with Crippen LogP contribution in [0.5, 0.6) is 0 Å². The van der Waals surface area contributed by atoms with Crippen LogP contribution in [-0.2, 0) is 12.7 Å². The highest BCUT2D eigenvalue weighted by molar-refractivity contribution is 5.91. The Hall–Kier alpha value is -4.54. The van der Waals surface area contributed by atoms with Gasteiger partial charge < -0.3 is 5.32 Å². The minimum atomic E-state index is -4.51. The Morgan fingerprint density at radius 2 is 1.62 bits per heavy atom. The van der Waals surface area contributed by atoms with Crippen molar-refractivity contribution in [3.05, 3.63) is 96.2 Å². The fourth-order valence-corrected chi connectivity index (χ4v) is 3.40. The fourth-order valence-electron chi connectivity index (χ4n) is 3.40. The summed E-state index contributed by atoms with van der Waals surface area (Å²) in [4.78, 5) is 17.3. The predicted molar refractivity (Wildman–Crippen MR) is 116 cm³/mol. The third-order valence-corrected chi connectivity index (χ3v) is 5.05. The SMILES string of the molecule is O=C(NCc1nnc2ccc(C(F)(F)F)cn12)c1nc(-c2ccccc2)n(-c2ccccc2)n1. The zero-order valence-corrected chi connectivity index (χ0v) is 17.4. The number of pyridine rings is 1. The molecule has 8 nitrogen and oxygen atoms in total. The summed E-state index contributed by atoms with van der Waals surface area (Å²) in [6.45, 7) is -0.165. The van der Waals surface area contributed by atoms with E-state index >= 15 is 0 Å². The van der Waals surface area contributed by atoms with E-state index < -0.39 is 17.6 Å². The molecule has 0 bridgehead atoms. The summed E-state index contributed by atoms with van der Waals surface area (Å²) in [6.07, 6.45) is -3.62. The number of nitrogens with zero attached hydrogens (tertiary/aromatic N) is 6. The monoisotopic (exact) mass is 463 g/mol. The minimum Gasteiger partial charge on any atom is -0.342 e. The maximum atomic E-state index is 13.1. The van der Waals surface area contributed by atoms with Crippen LogP contribution in [0, 0.1) is 0 Å². The van der Waals surface area contributed by atoms with E-state index in [2.05, 4.69) is 25.6 Å². The first kappa shape index (κ1) is 21.3. The number of amides is 1. The molecule has 0 aliphatic heterocycles. The molecule has 3 aromatic heterocycles. The number of benzene rings is 2. The van der Waals surface area contributed by atoms with Gasteiger partial charge in [-0.15, -0.1) is 15.3 Å². The summed E-state index contributed by atoms with van der Waals surface area (Å²) in [5.74, 6) is -0.0805. The van der Waals surface area contributed by atoms with Gasteiger partial charge >= 0.3 is 6.18 Å². The van der Waals surface area contributed by atoms with Gasteiger partial charge in [0.05, 0.1) is 17.8 Å². The lowest BCUT2D eigenvalue weighted by molar-refractivity contribution is -0.137. The molecule has 2 aromatic carbocycles. The number of aromatic nitrogens is 6. The largest absolute Gasteiger partial charge is 0.417 e. The first-order valence-corrected chi connectivity index (χ1v) is 10.2. The molecule has 0 saturated carbocycles. The molecule has 170 valence electrons.